The fraction of sp³-hybridized carbons (Fsp3) is 0.375. The Morgan fingerprint density at radius 2 is 1.52 bits per heavy atom. The maximum Gasteiger partial charge on any atom is 0.416 e. The molecule has 238 valence electrons. The molecular formula is C32H37F4N3O4S. The van der Waals surface area contributed by atoms with Crippen LogP contribution in [0.5, 0.6) is 0 Å². The molecular weight excluding hydrogens is 598 g/mol. The van der Waals surface area contributed by atoms with Gasteiger partial charge in [-0.25, -0.2) is 12.8 Å². The van der Waals surface area contributed by atoms with Gasteiger partial charge in [0.1, 0.15) is 11.9 Å². The van der Waals surface area contributed by atoms with Gasteiger partial charge >= 0.3 is 6.18 Å². The van der Waals surface area contributed by atoms with Crippen LogP contribution in [-0.2, 0) is 38.8 Å². The van der Waals surface area contributed by atoms with Crippen molar-refractivity contribution < 1.29 is 35.6 Å². The first-order valence-electron chi connectivity index (χ1n) is 14.0. The lowest BCUT2D eigenvalue weighted by Crippen LogP contribution is -2.54. The van der Waals surface area contributed by atoms with E-state index >= 15 is 0 Å². The van der Waals surface area contributed by atoms with Gasteiger partial charge in [0.05, 0.1) is 17.5 Å². The van der Waals surface area contributed by atoms with E-state index in [1.54, 1.807) is 0 Å². The summed E-state index contributed by atoms with van der Waals surface area (Å²) in [4.78, 5) is 28.8. The van der Waals surface area contributed by atoms with E-state index in [0.717, 1.165) is 34.3 Å². The van der Waals surface area contributed by atoms with E-state index in [0.29, 0.717) is 5.56 Å². The van der Waals surface area contributed by atoms with Gasteiger partial charge in [-0.2, -0.15) is 13.2 Å². The minimum atomic E-state index is -4.67. The van der Waals surface area contributed by atoms with Gasteiger partial charge in [-0.05, 0) is 68.7 Å². The summed E-state index contributed by atoms with van der Waals surface area (Å²) in [5, 5.41) is 2.93. The van der Waals surface area contributed by atoms with Crippen LogP contribution in [0.25, 0.3) is 0 Å². The second kappa shape index (κ2) is 14.2. The predicted octanol–water partition coefficient (Wildman–Crippen LogP) is 5.95. The highest BCUT2D eigenvalue weighted by Crippen LogP contribution is 2.32. The first-order chi connectivity index (χ1) is 20.4. The number of sulfonamides is 1. The van der Waals surface area contributed by atoms with Gasteiger partial charge in [0.15, 0.2) is 0 Å². The minimum absolute atomic E-state index is 0.0302. The zero-order valence-corrected chi connectivity index (χ0v) is 25.9. The lowest BCUT2D eigenvalue weighted by Gasteiger charge is -2.34. The topological polar surface area (TPSA) is 86.8 Å². The number of nitrogens with zero attached hydrogens (tertiary/aromatic N) is 2. The summed E-state index contributed by atoms with van der Waals surface area (Å²) < 4.78 is 79.5. The maximum absolute atomic E-state index is 13.8. The lowest BCUT2D eigenvalue weighted by molar-refractivity contribution is -0.142. The highest BCUT2D eigenvalue weighted by molar-refractivity contribution is 7.92. The number of hydrogen-bond donors (Lipinski definition) is 1. The predicted molar refractivity (Wildman–Crippen MR) is 162 cm³/mol. The van der Waals surface area contributed by atoms with Gasteiger partial charge in [0, 0.05) is 31.5 Å². The highest BCUT2D eigenvalue weighted by atomic mass is 32.2. The van der Waals surface area contributed by atoms with Crippen LogP contribution >= 0.6 is 0 Å². The molecule has 0 aliphatic carbocycles. The van der Waals surface area contributed by atoms with E-state index in [2.05, 4.69) is 5.32 Å². The van der Waals surface area contributed by atoms with Crippen LogP contribution in [0.15, 0.2) is 78.9 Å². The molecule has 0 saturated carbocycles. The number of nitrogens with one attached hydrogen (secondary N) is 1. The zero-order valence-electron chi connectivity index (χ0n) is 25.1. The number of amides is 2. The first kappa shape index (κ1) is 34.6. The molecule has 0 saturated heterocycles. The van der Waals surface area contributed by atoms with Gasteiger partial charge in [0.25, 0.3) is 0 Å². The van der Waals surface area contributed by atoms with Gasteiger partial charge in [-0.15, -0.1) is 0 Å². The summed E-state index contributed by atoms with van der Waals surface area (Å²) in [6.45, 7) is 5.13. The third kappa shape index (κ3) is 10.4. The molecule has 12 heteroatoms. The van der Waals surface area contributed by atoms with Crippen molar-refractivity contribution in [2.75, 3.05) is 17.1 Å². The fourth-order valence-corrected chi connectivity index (χ4v) is 5.59. The summed E-state index contributed by atoms with van der Waals surface area (Å²) >= 11 is 0. The Morgan fingerprint density at radius 3 is 2.09 bits per heavy atom. The Kier molecular flexibility index (Phi) is 11.2. The summed E-state index contributed by atoms with van der Waals surface area (Å²) in [5.41, 5.74) is -0.421. The van der Waals surface area contributed by atoms with Crippen molar-refractivity contribution in [1.29, 1.82) is 0 Å². The number of carbonyl (C=O) groups excluding carboxylic acids is 2. The van der Waals surface area contributed by atoms with Crippen LogP contribution in [0.1, 0.15) is 50.3 Å². The van der Waals surface area contributed by atoms with Crippen molar-refractivity contribution in [3.8, 4) is 0 Å². The Balaban J connectivity index is 1.91. The number of carbonyl (C=O) groups is 2. The van der Waals surface area contributed by atoms with E-state index in [1.807, 2.05) is 51.1 Å². The molecule has 3 rings (SSSR count). The second-order valence-corrected chi connectivity index (χ2v) is 13.5. The molecule has 0 radical (unpaired) electrons. The van der Waals surface area contributed by atoms with E-state index < -0.39 is 51.0 Å². The number of hydrogen-bond acceptors (Lipinski definition) is 4. The van der Waals surface area contributed by atoms with E-state index in [9.17, 15) is 35.6 Å². The minimum Gasteiger partial charge on any atom is -0.350 e. The van der Waals surface area contributed by atoms with E-state index in [4.69, 9.17) is 0 Å². The van der Waals surface area contributed by atoms with Gasteiger partial charge in [0.2, 0.25) is 21.8 Å². The van der Waals surface area contributed by atoms with Gasteiger partial charge in [-0.1, -0.05) is 48.5 Å². The Bertz CT molecular complexity index is 1520. The fourth-order valence-electron chi connectivity index (χ4n) is 4.63. The van der Waals surface area contributed by atoms with Gasteiger partial charge in [-0.3, -0.25) is 13.9 Å². The first-order valence-corrected chi connectivity index (χ1v) is 15.8. The zero-order chi connectivity index (χ0) is 32.7. The Hall–Kier alpha value is -3.93. The number of rotatable bonds is 12. The molecule has 0 spiro atoms. The summed E-state index contributed by atoms with van der Waals surface area (Å²) in [6, 6.07) is 17.6. The summed E-state index contributed by atoms with van der Waals surface area (Å²) in [6.07, 6.45) is -3.86. The van der Waals surface area contributed by atoms with Crippen molar-refractivity contribution in [3.05, 3.63) is 101 Å². The molecule has 2 amide bonds. The molecule has 3 aromatic carbocycles. The van der Waals surface area contributed by atoms with Crippen molar-refractivity contribution in [2.24, 2.45) is 0 Å². The Labute approximate surface area is 255 Å². The number of benzene rings is 3. The molecule has 1 N–H and O–H groups in total. The third-order valence-electron chi connectivity index (χ3n) is 6.65. The smallest absolute Gasteiger partial charge is 0.350 e. The standard InChI is InChI=1S/C32H37F4N3O4S/c1-31(2,3)37-30(41)28(20-23-10-6-5-7-11-23)38(22-24-15-17-26(33)18-16-24)29(40)14-9-19-39(44(4,42)43)27-13-8-12-25(21-27)32(34,35)36/h5-8,10-13,15-18,21,28H,9,14,19-20,22H2,1-4H3,(H,37,41)/t28-/m0/s1. The summed E-state index contributed by atoms with van der Waals surface area (Å²) in [7, 11) is -4.00. The van der Waals surface area contributed by atoms with E-state index in [-0.39, 0.29) is 38.0 Å². The maximum atomic E-state index is 13.8. The van der Waals surface area contributed by atoms with Gasteiger partial charge < -0.3 is 10.2 Å². The second-order valence-electron chi connectivity index (χ2n) is 11.6. The highest BCUT2D eigenvalue weighted by Gasteiger charge is 2.33. The SMILES string of the molecule is CC(C)(C)NC(=O)[C@H](Cc1ccccc1)N(Cc1ccc(F)cc1)C(=O)CCCN(c1cccc(C(F)(F)F)c1)S(C)(=O)=O. The monoisotopic (exact) mass is 635 g/mol. The van der Waals surface area contributed by atoms with Crippen LogP contribution in [0.3, 0.4) is 0 Å². The van der Waals surface area contributed by atoms with E-state index in [1.165, 1.54) is 35.2 Å². The molecule has 0 fully saturated rings. The molecule has 0 aliphatic heterocycles. The Morgan fingerprint density at radius 1 is 0.886 bits per heavy atom. The number of anilines is 1. The molecule has 7 nitrogen and oxygen atoms in total. The van der Waals surface area contributed by atoms with Crippen LogP contribution < -0.4 is 9.62 Å². The molecule has 0 unspecified atom stereocenters. The normalized spacial score (nSPS) is 12.8. The summed E-state index contributed by atoms with van der Waals surface area (Å²) in [5.74, 6) is -1.34. The lowest BCUT2D eigenvalue weighted by atomic mass is 10.00. The van der Waals surface area contributed by atoms with Crippen molar-refractivity contribution in [3.63, 3.8) is 0 Å². The molecule has 0 aliphatic rings. The van der Waals surface area contributed by atoms with Crippen LogP contribution in [0.4, 0.5) is 23.2 Å². The van der Waals surface area contributed by atoms with Crippen LogP contribution in [0, 0.1) is 5.82 Å². The molecule has 0 heterocycles. The number of halogens is 4. The third-order valence-corrected chi connectivity index (χ3v) is 7.84. The molecule has 0 aromatic heterocycles. The quantitative estimate of drug-likeness (QED) is 0.250. The number of alkyl halides is 3. The average Bonchev–Trinajstić information content (AvgIpc) is 2.92. The average molecular weight is 636 g/mol. The van der Waals surface area contributed by atoms with Crippen LogP contribution in [-0.4, -0.2) is 49.5 Å². The molecule has 3 aromatic rings. The van der Waals surface area contributed by atoms with Crippen molar-refractivity contribution >= 4 is 27.5 Å². The molecule has 44 heavy (non-hydrogen) atoms. The van der Waals surface area contributed by atoms with Crippen molar-refractivity contribution in [1.82, 2.24) is 10.2 Å². The largest absolute Gasteiger partial charge is 0.416 e. The van der Waals surface area contributed by atoms with Crippen molar-refractivity contribution in [2.45, 2.75) is 64.3 Å². The molecule has 1 atom stereocenters. The molecule has 0 bridgehead atoms. The van der Waals surface area contributed by atoms with Crippen LogP contribution in [0.2, 0.25) is 0 Å².